The SMILES string of the molecule is Cc1ccc([C@H]2Nc3ccccc3-c3nnc(SCc4ccccc4)nc3O2)cc1. The minimum absolute atomic E-state index is 0.364. The number of aromatic nitrogens is 3. The summed E-state index contributed by atoms with van der Waals surface area (Å²) in [6, 6.07) is 26.6. The first kappa shape index (κ1) is 18.6. The van der Waals surface area contributed by atoms with Crippen molar-refractivity contribution in [1.29, 1.82) is 0 Å². The molecule has 0 spiro atoms. The van der Waals surface area contributed by atoms with Crippen molar-refractivity contribution in [1.82, 2.24) is 15.2 Å². The lowest BCUT2D eigenvalue weighted by atomic mass is 10.1. The van der Waals surface area contributed by atoms with E-state index in [9.17, 15) is 0 Å². The van der Waals surface area contributed by atoms with Crippen LogP contribution in [-0.2, 0) is 5.75 Å². The van der Waals surface area contributed by atoms with Crippen LogP contribution in [0.3, 0.4) is 0 Å². The zero-order valence-electron chi connectivity index (χ0n) is 16.4. The topological polar surface area (TPSA) is 59.9 Å². The van der Waals surface area contributed by atoms with Gasteiger partial charge in [-0.2, -0.15) is 4.98 Å². The molecule has 1 aliphatic rings. The fourth-order valence-corrected chi connectivity index (χ4v) is 4.06. The van der Waals surface area contributed by atoms with Crippen molar-refractivity contribution in [3.8, 4) is 17.1 Å². The lowest BCUT2D eigenvalue weighted by Crippen LogP contribution is -2.17. The largest absolute Gasteiger partial charge is 0.448 e. The number of para-hydroxylation sites is 1. The molecule has 3 aromatic carbocycles. The summed E-state index contributed by atoms with van der Waals surface area (Å²) in [5.41, 5.74) is 5.98. The Morgan fingerprint density at radius 1 is 0.900 bits per heavy atom. The Hall–Kier alpha value is -3.38. The molecule has 5 rings (SSSR count). The molecule has 2 heterocycles. The van der Waals surface area contributed by atoms with Crippen molar-refractivity contribution in [3.05, 3.63) is 95.6 Å². The Morgan fingerprint density at radius 2 is 1.67 bits per heavy atom. The van der Waals surface area contributed by atoms with Crippen molar-refractivity contribution in [3.63, 3.8) is 0 Å². The van der Waals surface area contributed by atoms with Gasteiger partial charge in [0, 0.05) is 22.6 Å². The maximum Gasteiger partial charge on any atom is 0.247 e. The van der Waals surface area contributed by atoms with Crippen molar-refractivity contribution in [2.24, 2.45) is 0 Å². The van der Waals surface area contributed by atoms with Crippen LogP contribution in [0.1, 0.15) is 22.9 Å². The Morgan fingerprint density at radius 3 is 2.50 bits per heavy atom. The fraction of sp³-hybridized carbons (Fsp3) is 0.125. The van der Waals surface area contributed by atoms with Gasteiger partial charge in [-0.05, 0) is 18.6 Å². The fourth-order valence-electron chi connectivity index (χ4n) is 3.32. The Bertz CT molecular complexity index is 1170. The van der Waals surface area contributed by atoms with Crippen LogP contribution in [-0.4, -0.2) is 15.2 Å². The van der Waals surface area contributed by atoms with Gasteiger partial charge in [-0.3, -0.25) is 0 Å². The van der Waals surface area contributed by atoms with E-state index in [4.69, 9.17) is 9.72 Å². The predicted octanol–water partition coefficient (Wildman–Crippen LogP) is 5.64. The number of thioether (sulfide) groups is 1. The van der Waals surface area contributed by atoms with Gasteiger partial charge >= 0.3 is 0 Å². The van der Waals surface area contributed by atoms with Gasteiger partial charge in [0.1, 0.15) is 0 Å². The highest BCUT2D eigenvalue weighted by atomic mass is 32.2. The molecule has 0 amide bonds. The van der Waals surface area contributed by atoms with Gasteiger partial charge in [0.2, 0.25) is 11.0 Å². The number of benzene rings is 3. The van der Waals surface area contributed by atoms with E-state index in [0.29, 0.717) is 16.7 Å². The van der Waals surface area contributed by atoms with Gasteiger partial charge in [-0.1, -0.05) is 90.1 Å². The molecule has 6 heteroatoms. The quantitative estimate of drug-likeness (QED) is 0.438. The average molecular weight is 413 g/mol. The van der Waals surface area contributed by atoms with Crippen LogP contribution in [0, 0.1) is 6.92 Å². The number of nitrogens with zero attached hydrogens (tertiary/aromatic N) is 3. The highest BCUT2D eigenvalue weighted by Crippen LogP contribution is 2.39. The molecular formula is C24H20N4OS. The number of nitrogens with one attached hydrogen (secondary N) is 1. The molecule has 5 nitrogen and oxygen atoms in total. The summed E-state index contributed by atoms with van der Waals surface area (Å²) in [5, 5.41) is 12.9. The van der Waals surface area contributed by atoms with Gasteiger partial charge in [-0.15, -0.1) is 10.2 Å². The number of fused-ring (bicyclic) bond motifs is 3. The first-order valence-electron chi connectivity index (χ1n) is 9.77. The third-order valence-electron chi connectivity index (χ3n) is 4.92. The maximum absolute atomic E-state index is 6.32. The lowest BCUT2D eigenvalue weighted by molar-refractivity contribution is 0.225. The number of ether oxygens (including phenoxy) is 1. The first-order valence-corrected chi connectivity index (χ1v) is 10.8. The zero-order valence-corrected chi connectivity index (χ0v) is 17.3. The second-order valence-electron chi connectivity index (χ2n) is 7.12. The van der Waals surface area contributed by atoms with E-state index in [0.717, 1.165) is 22.6 Å². The standard InChI is InChI=1S/C24H20N4OS/c1-16-11-13-18(14-12-16)22-25-20-10-6-5-9-19(20)21-23(29-22)26-24(28-27-21)30-15-17-7-3-2-4-8-17/h2-14,22,25H,15H2,1H3/t22-/m0/s1. The average Bonchev–Trinajstić information content (AvgIpc) is 2.95. The maximum atomic E-state index is 6.32. The first-order chi connectivity index (χ1) is 14.8. The highest BCUT2D eigenvalue weighted by molar-refractivity contribution is 7.98. The molecule has 30 heavy (non-hydrogen) atoms. The summed E-state index contributed by atoms with van der Waals surface area (Å²) in [4.78, 5) is 4.71. The molecule has 0 fully saturated rings. The van der Waals surface area contributed by atoms with Gasteiger partial charge in [0.25, 0.3) is 0 Å². The van der Waals surface area contributed by atoms with Gasteiger partial charge in [0.05, 0.1) is 0 Å². The molecule has 0 bridgehead atoms. The molecule has 0 saturated heterocycles. The summed E-state index contributed by atoms with van der Waals surface area (Å²) in [6.07, 6.45) is -0.364. The lowest BCUT2D eigenvalue weighted by Gasteiger charge is -2.19. The third-order valence-corrected chi connectivity index (χ3v) is 5.83. The second-order valence-corrected chi connectivity index (χ2v) is 8.06. The van der Waals surface area contributed by atoms with E-state index >= 15 is 0 Å². The third kappa shape index (κ3) is 3.86. The summed E-state index contributed by atoms with van der Waals surface area (Å²) >= 11 is 1.55. The Balaban J connectivity index is 1.50. The van der Waals surface area contributed by atoms with Crippen molar-refractivity contribution in [2.75, 3.05) is 5.32 Å². The van der Waals surface area contributed by atoms with E-state index in [1.54, 1.807) is 11.8 Å². The van der Waals surface area contributed by atoms with Crippen LogP contribution in [0.25, 0.3) is 11.3 Å². The van der Waals surface area contributed by atoms with Crippen LogP contribution in [0.2, 0.25) is 0 Å². The van der Waals surface area contributed by atoms with Crippen molar-refractivity contribution >= 4 is 17.4 Å². The highest BCUT2D eigenvalue weighted by Gasteiger charge is 2.25. The number of anilines is 1. The molecule has 0 unspecified atom stereocenters. The van der Waals surface area contributed by atoms with E-state index in [1.165, 1.54) is 11.1 Å². The van der Waals surface area contributed by atoms with E-state index < -0.39 is 0 Å². The molecule has 1 aliphatic heterocycles. The monoisotopic (exact) mass is 412 g/mol. The number of aryl methyl sites for hydroxylation is 1. The van der Waals surface area contributed by atoms with Crippen LogP contribution >= 0.6 is 11.8 Å². The minimum atomic E-state index is -0.364. The summed E-state index contributed by atoms with van der Waals surface area (Å²) in [7, 11) is 0. The summed E-state index contributed by atoms with van der Waals surface area (Å²) in [5.74, 6) is 1.26. The van der Waals surface area contributed by atoms with Crippen LogP contribution in [0.15, 0.2) is 84.0 Å². The van der Waals surface area contributed by atoms with E-state index in [2.05, 4.69) is 58.8 Å². The molecule has 1 atom stereocenters. The molecule has 4 aromatic rings. The van der Waals surface area contributed by atoms with Gasteiger partial charge in [0.15, 0.2) is 11.9 Å². The minimum Gasteiger partial charge on any atom is -0.448 e. The summed E-state index contributed by atoms with van der Waals surface area (Å²) < 4.78 is 6.32. The molecule has 148 valence electrons. The number of hydrogen-bond acceptors (Lipinski definition) is 6. The summed E-state index contributed by atoms with van der Waals surface area (Å²) in [6.45, 7) is 2.07. The molecule has 0 saturated carbocycles. The van der Waals surface area contributed by atoms with E-state index in [-0.39, 0.29) is 6.23 Å². The van der Waals surface area contributed by atoms with Gasteiger partial charge in [-0.25, -0.2) is 0 Å². The smallest absolute Gasteiger partial charge is 0.247 e. The molecule has 0 radical (unpaired) electrons. The van der Waals surface area contributed by atoms with Crippen LogP contribution in [0.4, 0.5) is 5.69 Å². The molecule has 1 aromatic heterocycles. The molecular weight excluding hydrogens is 392 g/mol. The zero-order chi connectivity index (χ0) is 20.3. The normalized spacial score (nSPS) is 14.6. The molecule has 1 N–H and O–H groups in total. The van der Waals surface area contributed by atoms with E-state index in [1.807, 2.05) is 42.5 Å². The van der Waals surface area contributed by atoms with Crippen LogP contribution in [0.5, 0.6) is 5.88 Å². The van der Waals surface area contributed by atoms with Crippen molar-refractivity contribution < 1.29 is 4.74 Å². The Kier molecular flexibility index (Phi) is 5.07. The number of rotatable bonds is 4. The number of hydrogen-bond donors (Lipinski definition) is 1. The van der Waals surface area contributed by atoms with Crippen molar-refractivity contribution in [2.45, 2.75) is 24.1 Å². The van der Waals surface area contributed by atoms with Gasteiger partial charge < -0.3 is 10.1 Å². The molecule has 0 aliphatic carbocycles. The predicted molar refractivity (Wildman–Crippen MR) is 119 cm³/mol. The van der Waals surface area contributed by atoms with Crippen LogP contribution < -0.4 is 10.1 Å². The Labute approximate surface area is 179 Å². The second kappa shape index (κ2) is 8.16.